The van der Waals surface area contributed by atoms with Crippen LogP contribution in [0.2, 0.25) is 0 Å². The van der Waals surface area contributed by atoms with Crippen molar-refractivity contribution >= 4 is 98.3 Å². The molecule has 0 N–H and O–H groups in total. The van der Waals surface area contributed by atoms with Gasteiger partial charge in [-0.2, -0.15) is 0 Å². The van der Waals surface area contributed by atoms with Gasteiger partial charge in [-0.05, 0) is 80.5 Å². The number of imidazole rings is 2. The van der Waals surface area contributed by atoms with Gasteiger partial charge in [-0.3, -0.25) is 8.80 Å². The molecule has 0 aliphatic rings. The van der Waals surface area contributed by atoms with E-state index in [2.05, 4.69) is 167 Å². The predicted molar refractivity (Wildman–Crippen MR) is 209 cm³/mol. The van der Waals surface area contributed by atoms with Gasteiger partial charge in [0.15, 0.2) is 0 Å². The topological polar surface area (TPSA) is 34.6 Å². The first-order valence-corrected chi connectivity index (χ1v) is 17.1. The summed E-state index contributed by atoms with van der Waals surface area (Å²) < 4.78 is 4.71. The van der Waals surface area contributed by atoms with Crippen molar-refractivity contribution in [2.45, 2.75) is 0 Å². The standard InChI is InChI=1S/C46H26N4/c1-2-12-29-27(11-1)21-24-33-31-23-22-28(25-42(31)50-41-20-10-7-17-38(41)48-46(50)44(29)33)35-26-36-43(32-14-4-3-13-30(32)35)34-15-5-8-18-39(34)49-40-19-9-6-16-37(40)47-45(36)49/h1-26H. The molecule has 0 saturated heterocycles. The highest BCUT2D eigenvalue weighted by atomic mass is 15.0. The van der Waals surface area contributed by atoms with Crippen LogP contribution in [0.5, 0.6) is 0 Å². The van der Waals surface area contributed by atoms with E-state index in [0.717, 1.165) is 49.8 Å². The normalized spacial score (nSPS) is 12.4. The van der Waals surface area contributed by atoms with Gasteiger partial charge in [0, 0.05) is 26.9 Å². The highest BCUT2D eigenvalue weighted by Gasteiger charge is 2.20. The number of pyridine rings is 2. The molecule has 0 fully saturated rings. The van der Waals surface area contributed by atoms with Crippen molar-refractivity contribution in [3.63, 3.8) is 0 Å². The van der Waals surface area contributed by atoms with E-state index in [9.17, 15) is 0 Å². The molecule has 0 aliphatic heterocycles. The first-order chi connectivity index (χ1) is 24.8. The lowest BCUT2D eigenvalue weighted by molar-refractivity contribution is 1.31. The van der Waals surface area contributed by atoms with Crippen LogP contribution in [0.15, 0.2) is 158 Å². The molecule has 0 aliphatic carbocycles. The molecule has 0 spiro atoms. The third kappa shape index (κ3) is 3.30. The Morgan fingerprint density at radius 3 is 1.72 bits per heavy atom. The molecule has 4 heteroatoms. The summed E-state index contributed by atoms with van der Waals surface area (Å²) in [6.45, 7) is 0. The van der Waals surface area contributed by atoms with Crippen molar-refractivity contribution in [2.24, 2.45) is 0 Å². The maximum Gasteiger partial charge on any atom is 0.147 e. The van der Waals surface area contributed by atoms with Gasteiger partial charge < -0.3 is 0 Å². The van der Waals surface area contributed by atoms with Gasteiger partial charge in [0.05, 0.1) is 33.1 Å². The number of hydrogen-bond acceptors (Lipinski definition) is 2. The molecule has 50 heavy (non-hydrogen) atoms. The minimum absolute atomic E-state index is 0.980. The lowest BCUT2D eigenvalue weighted by Gasteiger charge is -2.16. The molecule has 4 nitrogen and oxygen atoms in total. The molecule has 12 rings (SSSR count). The Kier molecular flexibility index (Phi) is 4.94. The second kappa shape index (κ2) is 9.43. The summed E-state index contributed by atoms with van der Waals surface area (Å²) in [5, 5.41) is 12.1. The van der Waals surface area contributed by atoms with Crippen molar-refractivity contribution in [3.8, 4) is 11.1 Å². The van der Waals surface area contributed by atoms with Gasteiger partial charge in [0.25, 0.3) is 0 Å². The number of fused-ring (bicyclic) bond motifs is 20. The molecule has 0 bridgehead atoms. The molecule has 8 aromatic carbocycles. The second-order valence-corrected chi connectivity index (χ2v) is 13.4. The molecule has 4 aromatic heterocycles. The molecular formula is C46H26N4. The number of rotatable bonds is 1. The third-order valence-electron chi connectivity index (χ3n) is 10.8. The summed E-state index contributed by atoms with van der Waals surface area (Å²) in [6.07, 6.45) is 0. The Labute approximate surface area is 285 Å². The van der Waals surface area contributed by atoms with Crippen molar-refractivity contribution in [1.29, 1.82) is 0 Å². The average Bonchev–Trinajstić information content (AvgIpc) is 3.77. The molecule has 0 atom stereocenters. The Balaban J connectivity index is 1.26. The summed E-state index contributed by atoms with van der Waals surface area (Å²) >= 11 is 0. The van der Waals surface area contributed by atoms with Crippen molar-refractivity contribution in [2.75, 3.05) is 0 Å². The Morgan fingerprint density at radius 2 is 0.920 bits per heavy atom. The largest absolute Gasteiger partial charge is 0.292 e. The number of nitrogens with zero attached hydrogens (tertiary/aromatic N) is 4. The zero-order valence-electron chi connectivity index (χ0n) is 26.8. The maximum absolute atomic E-state index is 5.27. The molecule has 230 valence electrons. The molecular weight excluding hydrogens is 609 g/mol. The van der Waals surface area contributed by atoms with Gasteiger partial charge in [-0.25, -0.2) is 9.97 Å². The molecule has 0 radical (unpaired) electrons. The zero-order valence-corrected chi connectivity index (χ0v) is 26.8. The van der Waals surface area contributed by atoms with Gasteiger partial charge >= 0.3 is 0 Å². The molecule has 0 saturated carbocycles. The van der Waals surface area contributed by atoms with Crippen molar-refractivity contribution < 1.29 is 0 Å². The molecule has 0 amide bonds. The summed E-state index contributed by atoms with van der Waals surface area (Å²) in [4.78, 5) is 10.5. The van der Waals surface area contributed by atoms with Crippen LogP contribution in [-0.4, -0.2) is 18.8 Å². The Hall–Kier alpha value is -6.78. The highest BCUT2D eigenvalue weighted by Crippen LogP contribution is 2.43. The van der Waals surface area contributed by atoms with E-state index in [0.29, 0.717) is 0 Å². The highest BCUT2D eigenvalue weighted by molar-refractivity contribution is 6.27. The second-order valence-electron chi connectivity index (χ2n) is 13.4. The first kappa shape index (κ1) is 26.2. The van der Waals surface area contributed by atoms with Crippen molar-refractivity contribution in [1.82, 2.24) is 18.8 Å². The monoisotopic (exact) mass is 634 g/mol. The minimum atomic E-state index is 0.980. The average molecular weight is 635 g/mol. The fourth-order valence-corrected chi connectivity index (χ4v) is 8.70. The van der Waals surface area contributed by atoms with Crippen LogP contribution in [0.1, 0.15) is 0 Å². The van der Waals surface area contributed by atoms with Crippen LogP contribution in [0, 0.1) is 0 Å². The number of benzene rings is 8. The van der Waals surface area contributed by atoms with E-state index in [1.54, 1.807) is 0 Å². The third-order valence-corrected chi connectivity index (χ3v) is 10.8. The van der Waals surface area contributed by atoms with Crippen LogP contribution in [-0.2, 0) is 0 Å². The van der Waals surface area contributed by atoms with Gasteiger partial charge in [0.1, 0.15) is 11.3 Å². The number of hydrogen-bond donors (Lipinski definition) is 0. The molecule has 0 unspecified atom stereocenters. The maximum atomic E-state index is 5.27. The minimum Gasteiger partial charge on any atom is -0.292 e. The van der Waals surface area contributed by atoms with E-state index in [-0.39, 0.29) is 0 Å². The van der Waals surface area contributed by atoms with E-state index in [4.69, 9.17) is 9.97 Å². The lowest BCUT2D eigenvalue weighted by atomic mass is 9.91. The van der Waals surface area contributed by atoms with E-state index < -0.39 is 0 Å². The van der Waals surface area contributed by atoms with Crippen LogP contribution >= 0.6 is 0 Å². The number of para-hydroxylation sites is 5. The first-order valence-electron chi connectivity index (χ1n) is 17.1. The van der Waals surface area contributed by atoms with Gasteiger partial charge in [0.2, 0.25) is 0 Å². The van der Waals surface area contributed by atoms with Gasteiger partial charge in [-0.1, -0.05) is 115 Å². The quantitative estimate of drug-likeness (QED) is 0.168. The van der Waals surface area contributed by atoms with E-state index in [1.807, 2.05) is 0 Å². The molecule has 12 aromatic rings. The van der Waals surface area contributed by atoms with Crippen LogP contribution in [0.4, 0.5) is 0 Å². The van der Waals surface area contributed by atoms with Crippen LogP contribution in [0.3, 0.4) is 0 Å². The zero-order chi connectivity index (χ0) is 32.5. The number of aromatic nitrogens is 4. The van der Waals surface area contributed by atoms with Gasteiger partial charge in [-0.15, -0.1) is 0 Å². The molecule has 4 heterocycles. The smallest absolute Gasteiger partial charge is 0.147 e. The SMILES string of the molecule is c1ccc2c(c1)ccc1c3ccc(-c4cc5c(c6ccccc46)c4ccccc4n4c6ccccc6nc54)cc3n3c4ccccc4nc3c21. The predicted octanol–water partition coefficient (Wildman–Crippen LogP) is 11.9. The lowest BCUT2D eigenvalue weighted by Crippen LogP contribution is -1.95. The Morgan fingerprint density at radius 1 is 0.340 bits per heavy atom. The summed E-state index contributed by atoms with van der Waals surface area (Å²) in [5.74, 6) is 0. The van der Waals surface area contributed by atoms with E-state index in [1.165, 1.54) is 59.6 Å². The van der Waals surface area contributed by atoms with Crippen molar-refractivity contribution in [3.05, 3.63) is 158 Å². The summed E-state index contributed by atoms with van der Waals surface area (Å²) in [7, 11) is 0. The Bertz CT molecular complexity index is 3440. The van der Waals surface area contributed by atoms with Crippen LogP contribution in [0.25, 0.3) is 109 Å². The summed E-state index contributed by atoms with van der Waals surface area (Å²) in [6, 6.07) is 57.1. The fourth-order valence-electron chi connectivity index (χ4n) is 8.70. The van der Waals surface area contributed by atoms with E-state index >= 15 is 0 Å². The van der Waals surface area contributed by atoms with Crippen LogP contribution < -0.4 is 0 Å². The fraction of sp³-hybridized carbons (Fsp3) is 0. The summed E-state index contributed by atoms with van der Waals surface area (Å²) in [5.41, 5.74) is 10.9.